The second-order valence-corrected chi connectivity index (χ2v) is 3.64. The molecule has 1 rings (SSSR count). The molecule has 0 N–H and O–H groups in total. The highest BCUT2D eigenvalue weighted by molar-refractivity contribution is 5.87. The zero-order valence-electron chi connectivity index (χ0n) is 8.14. The first-order valence-electron chi connectivity index (χ1n) is 5.06. The molecule has 1 saturated carbocycles. The minimum Gasteiger partial charge on any atom is -0.299 e. The molecule has 1 fully saturated rings. The predicted molar refractivity (Wildman–Crippen MR) is 51.1 cm³/mol. The van der Waals surface area contributed by atoms with Gasteiger partial charge in [-0.15, -0.1) is 0 Å². The maximum atomic E-state index is 11.5. The van der Waals surface area contributed by atoms with Crippen molar-refractivity contribution in [2.45, 2.75) is 45.4 Å². The highest BCUT2D eigenvalue weighted by Gasteiger charge is 2.26. The number of carbonyl (C=O) groups is 1. The largest absolute Gasteiger partial charge is 0.299 e. The van der Waals surface area contributed by atoms with Crippen molar-refractivity contribution in [1.82, 2.24) is 0 Å². The number of unbranched alkanes of at least 4 members (excludes halogenated alkanes) is 1. The van der Waals surface area contributed by atoms with Crippen LogP contribution in [0.25, 0.3) is 0 Å². The highest BCUT2D eigenvalue weighted by atomic mass is 16.1. The summed E-state index contributed by atoms with van der Waals surface area (Å²) in [5, 5.41) is 0. The molecule has 2 nitrogen and oxygen atoms in total. The second-order valence-electron chi connectivity index (χ2n) is 3.64. The lowest BCUT2D eigenvalue weighted by atomic mass is 9.81. The number of hydrogen-bond donors (Lipinski definition) is 0. The summed E-state index contributed by atoms with van der Waals surface area (Å²) in [5.74, 6) is 2.10. The summed E-state index contributed by atoms with van der Waals surface area (Å²) in [4.78, 5) is 22.0. The summed E-state index contributed by atoms with van der Waals surface area (Å²) in [6.07, 6.45) is 5.23. The molecule has 0 heterocycles. The molecule has 1 aliphatic rings. The van der Waals surface area contributed by atoms with Crippen LogP contribution in [0.2, 0.25) is 0 Å². The molecule has 1 aliphatic carbocycles. The quantitative estimate of drug-likeness (QED) is 0.624. The number of ketones is 1. The van der Waals surface area contributed by atoms with Crippen LogP contribution < -0.4 is 0 Å². The average Bonchev–Trinajstić information content (AvgIpc) is 2.15. The van der Waals surface area contributed by atoms with Crippen molar-refractivity contribution >= 4 is 11.7 Å². The van der Waals surface area contributed by atoms with Crippen LogP contribution in [0, 0.1) is 5.92 Å². The molecule has 0 radical (unpaired) electrons. The summed E-state index contributed by atoms with van der Waals surface area (Å²) in [7, 11) is 0. The molecule has 2 heteroatoms. The fourth-order valence-electron chi connectivity index (χ4n) is 1.86. The molecule has 0 amide bonds. The van der Waals surface area contributed by atoms with Crippen molar-refractivity contribution in [2.75, 3.05) is 0 Å². The van der Waals surface area contributed by atoms with Crippen LogP contribution in [0.5, 0.6) is 0 Å². The van der Waals surface area contributed by atoms with Gasteiger partial charge in [0.2, 0.25) is 0 Å². The van der Waals surface area contributed by atoms with E-state index in [1.807, 2.05) is 5.94 Å². The Morgan fingerprint density at radius 2 is 2.23 bits per heavy atom. The summed E-state index contributed by atoms with van der Waals surface area (Å²) < 4.78 is 0. The smallest absolute Gasteiger partial charge is 0.140 e. The van der Waals surface area contributed by atoms with Gasteiger partial charge in [-0.2, -0.15) is 0 Å². The van der Waals surface area contributed by atoms with Crippen molar-refractivity contribution in [3.63, 3.8) is 0 Å². The number of carbonyl (C=O) groups excluding carboxylic acids is 2. The van der Waals surface area contributed by atoms with E-state index in [0.29, 0.717) is 12.0 Å². The van der Waals surface area contributed by atoms with Gasteiger partial charge in [0.05, 0.1) is 0 Å². The van der Waals surface area contributed by atoms with Crippen molar-refractivity contribution in [3.8, 4) is 0 Å². The number of Topliss-reactive ketones (excluding diaryl/α,β-unsaturated/α-hetero) is 1. The van der Waals surface area contributed by atoms with E-state index in [-0.39, 0.29) is 11.7 Å². The molecular weight excluding hydrogens is 164 g/mol. The van der Waals surface area contributed by atoms with Gasteiger partial charge in [0.25, 0.3) is 0 Å². The number of allylic oxidation sites excluding steroid dienone is 1. The SMILES string of the molecule is CCCCC1C(=O)CCCC1=C=O. The Balaban J connectivity index is 2.63. The Morgan fingerprint density at radius 1 is 1.46 bits per heavy atom. The lowest BCUT2D eigenvalue weighted by Crippen LogP contribution is -2.21. The van der Waals surface area contributed by atoms with Gasteiger partial charge in [-0.1, -0.05) is 19.8 Å². The lowest BCUT2D eigenvalue weighted by molar-refractivity contribution is -0.122. The van der Waals surface area contributed by atoms with Gasteiger partial charge < -0.3 is 0 Å². The molecule has 72 valence electrons. The zero-order chi connectivity index (χ0) is 9.68. The summed E-state index contributed by atoms with van der Waals surface area (Å²) >= 11 is 0. The van der Waals surface area contributed by atoms with E-state index in [9.17, 15) is 9.59 Å². The highest BCUT2D eigenvalue weighted by Crippen LogP contribution is 2.28. The first-order valence-corrected chi connectivity index (χ1v) is 5.06. The Labute approximate surface area is 79.0 Å². The van der Waals surface area contributed by atoms with Crippen LogP contribution in [0.1, 0.15) is 45.4 Å². The maximum absolute atomic E-state index is 11.5. The standard InChI is InChI=1S/C11H16O2/c1-2-3-6-10-9(8-12)5-4-7-11(10)13/h10H,2-7H2,1H3. The minimum absolute atomic E-state index is 0.0915. The fourth-order valence-corrected chi connectivity index (χ4v) is 1.86. The lowest BCUT2D eigenvalue weighted by Gasteiger charge is -2.20. The van der Waals surface area contributed by atoms with E-state index < -0.39 is 0 Å². The van der Waals surface area contributed by atoms with Crippen molar-refractivity contribution < 1.29 is 9.59 Å². The summed E-state index contributed by atoms with van der Waals surface area (Å²) in [6, 6.07) is 0. The summed E-state index contributed by atoms with van der Waals surface area (Å²) in [5.41, 5.74) is 0.713. The second kappa shape index (κ2) is 4.98. The molecule has 0 bridgehead atoms. The van der Waals surface area contributed by atoms with Crippen LogP contribution in [0.15, 0.2) is 5.57 Å². The molecule has 0 spiro atoms. The molecule has 13 heavy (non-hydrogen) atoms. The van der Waals surface area contributed by atoms with Crippen LogP contribution in [0.3, 0.4) is 0 Å². The van der Waals surface area contributed by atoms with Crippen molar-refractivity contribution in [3.05, 3.63) is 5.57 Å². The van der Waals surface area contributed by atoms with Crippen LogP contribution in [-0.4, -0.2) is 11.7 Å². The van der Waals surface area contributed by atoms with Crippen LogP contribution in [-0.2, 0) is 9.59 Å². The zero-order valence-corrected chi connectivity index (χ0v) is 8.14. The molecule has 0 aromatic carbocycles. The number of hydrogen-bond acceptors (Lipinski definition) is 2. The van der Waals surface area contributed by atoms with Gasteiger partial charge in [-0.05, 0) is 19.3 Å². The Bertz CT molecular complexity index is 236. The van der Waals surface area contributed by atoms with Gasteiger partial charge in [-0.25, -0.2) is 4.79 Å². The van der Waals surface area contributed by atoms with Crippen molar-refractivity contribution in [2.24, 2.45) is 5.92 Å². The molecule has 0 aromatic rings. The monoisotopic (exact) mass is 180 g/mol. The Kier molecular flexibility index (Phi) is 3.91. The van der Waals surface area contributed by atoms with E-state index in [1.165, 1.54) is 0 Å². The number of rotatable bonds is 3. The van der Waals surface area contributed by atoms with Gasteiger partial charge in [0, 0.05) is 17.9 Å². The summed E-state index contributed by atoms with van der Waals surface area (Å²) in [6.45, 7) is 2.09. The van der Waals surface area contributed by atoms with Crippen LogP contribution in [0.4, 0.5) is 0 Å². The first kappa shape index (κ1) is 10.2. The van der Waals surface area contributed by atoms with Gasteiger partial charge >= 0.3 is 0 Å². The normalized spacial score (nSPS) is 23.0. The van der Waals surface area contributed by atoms with E-state index in [4.69, 9.17) is 0 Å². The third kappa shape index (κ3) is 2.53. The van der Waals surface area contributed by atoms with E-state index in [0.717, 1.165) is 32.1 Å². The predicted octanol–water partition coefficient (Wildman–Crippen LogP) is 2.30. The van der Waals surface area contributed by atoms with Crippen molar-refractivity contribution in [1.29, 1.82) is 0 Å². The Morgan fingerprint density at radius 3 is 2.85 bits per heavy atom. The molecule has 0 saturated heterocycles. The Hall–Kier alpha value is -0.880. The molecular formula is C11H16O2. The van der Waals surface area contributed by atoms with E-state index in [2.05, 4.69) is 6.92 Å². The van der Waals surface area contributed by atoms with Gasteiger partial charge in [0.1, 0.15) is 11.7 Å². The third-order valence-corrected chi connectivity index (χ3v) is 2.66. The first-order chi connectivity index (χ1) is 6.29. The maximum Gasteiger partial charge on any atom is 0.140 e. The van der Waals surface area contributed by atoms with Gasteiger partial charge in [0.15, 0.2) is 0 Å². The van der Waals surface area contributed by atoms with E-state index in [1.54, 1.807) is 0 Å². The fraction of sp³-hybridized carbons (Fsp3) is 0.727. The topological polar surface area (TPSA) is 34.1 Å². The molecule has 1 unspecified atom stereocenters. The van der Waals surface area contributed by atoms with Crippen LogP contribution >= 0.6 is 0 Å². The molecule has 0 aliphatic heterocycles. The van der Waals surface area contributed by atoms with E-state index >= 15 is 0 Å². The molecule has 0 aromatic heterocycles. The van der Waals surface area contributed by atoms with Gasteiger partial charge in [-0.3, -0.25) is 4.79 Å². The minimum atomic E-state index is -0.0915. The average molecular weight is 180 g/mol. The molecule has 1 atom stereocenters. The third-order valence-electron chi connectivity index (χ3n) is 2.66.